The Kier molecular flexibility index (Phi) is 6.25. The van der Waals surface area contributed by atoms with Crippen LogP contribution in [0.1, 0.15) is 12.0 Å². The number of thioether (sulfide) groups is 1. The minimum Gasteiger partial charge on any atom is -0.497 e. The Morgan fingerprint density at radius 2 is 1.86 bits per heavy atom. The van der Waals surface area contributed by atoms with Gasteiger partial charge in [-0.2, -0.15) is 13.2 Å². The molecule has 1 N–H and O–H groups in total. The van der Waals surface area contributed by atoms with Crippen LogP contribution in [0, 0.1) is 0 Å². The van der Waals surface area contributed by atoms with E-state index in [0.29, 0.717) is 40.2 Å². The van der Waals surface area contributed by atoms with E-state index in [4.69, 9.17) is 9.84 Å². The third kappa shape index (κ3) is 4.48. The molecule has 2 aromatic carbocycles. The van der Waals surface area contributed by atoms with Gasteiger partial charge in [0, 0.05) is 17.9 Å². The topological polar surface area (TPSA) is 60.2 Å². The van der Waals surface area contributed by atoms with Gasteiger partial charge in [-0.3, -0.25) is 4.57 Å². The van der Waals surface area contributed by atoms with E-state index in [1.807, 2.05) is 0 Å². The summed E-state index contributed by atoms with van der Waals surface area (Å²) in [5.41, 5.74) is 0.266. The van der Waals surface area contributed by atoms with Gasteiger partial charge in [0.2, 0.25) is 0 Å². The molecule has 0 saturated heterocycles. The van der Waals surface area contributed by atoms with Gasteiger partial charge in [0.1, 0.15) is 5.75 Å². The minimum absolute atomic E-state index is 0.0238. The first-order valence-electron chi connectivity index (χ1n) is 8.45. The first-order chi connectivity index (χ1) is 13.4. The highest BCUT2D eigenvalue weighted by Gasteiger charge is 2.31. The third-order valence-corrected chi connectivity index (χ3v) is 4.96. The van der Waals surface area contributed by atoms with Crippen LogP contribution in [0.15, 0.2) is 53.7 Å². The Bertz CT molecular complexity index is 927. The summed E-state index contributed by atoms with van der Waals surface area (Å²) in [5.74, 6) is 1.65. The Hall–Kier alpha value is -2.52. The summed E-state index contributed by atoms with van der Waals surface area (Å²) in [4.78, 5) is 0. The number of halogens is 3. The Morgan fingerprint density at radius 1 is 1.11 bits per heavy atom. The number of hydrogen-bond donors (Lipinski definition) is 1. The van der Waals surface area contributed by atoms with Crippen LogP contribution in [0.3, 0.4) is 0 Å². The van der Waals surface area contributed by atoms with Gasteiger partial charge in [-0.1, -0.05) is 17.8 Å². The van der Waals surface area contributed by atoms with Crippen LogP contribution in [0.5, 0.6) is 5.75 Å². The first kappa shape index (κ1) is 20.2. The lowest BCUT2D eigenvalue weighted by atomic mass is 10.1. The number of hydrogen-bond acceptors (Lipinski definition) is 5. The number of aliphatic hydroxyl groups excluding tert-OH is 1. The maximum Gasteiger partial charge on any atom is 0.416 e. The third-order valence-electron chi connectivity index (χ3n) is 3.95. The zero-order chi connectivity index (χ0) is 20.1. The zero-order valence-corrected chi connectivity index (χ0v) is 15.8. The van der Waals surface area contributed by atoms with E-state index in [1.165, 1.54) is 17.8 Å². The number of nitrogens with zero attached hydrogens (tertiary/aromatic N) is 3. The van der Waals surface area contributed by atoms with Crippen molar-refractivity contribution in [2.45, 2.75) is 17.8 Å². The molecule has 1 heterocycles. The molecule has 1 aromatic heterocycles. The molecule has 0 amide bonds. The van der Waals surface area contributed by atoms with E-state index in [9.17, 15) is 13.2 Å². The number of rotatable bonds is 7. The van der Waals surface area contributed by atoms with E-state index >= 15 is 0 Å². The molecule has 0 bridgehead atoms. The summed E-state index contributed by atoms with van der Waals surface area (Å²) in [5, 5.41) is 17.8. The molecule has 0 aliphatic carbocycles. The number of aromatic nitrogens is 3. The largest absolute Gasteiger partial charge is 0.497 e. The SMILES string of the molecule is COc1ccc(-c2nnc(SCCCO)n2-c2cccc(C(F)(F)F)c2)cc1. The van der Waals surface area contributed by atoms with Gasteiger partial charge < -0.3 is 9.84 Å². The van der Waals surface area contributed by atoms with Crippen LogP contribution in [0.25, 0.3) is 17.1 Å². The van der Waals surface area contributed by atoms with Crippen LogP contribution in [0.2, 0.25) is 0 Å². The van der Waals surface area contributed by atoms with Crippen molar-refractivity contribution >= 4 is 11.8 Å². The highest BCUT2D eigenvalue weighted by Crippen LogP contribution is 2.33. The van der Waals surface area contributed by atoms with Gasteiger partial charge in [0.25, 0.3) is 0 Å². The van der Waals surface area contributed by atoms with Gasteiger partial charge in [-0.15, -0.1) is 10.2 Å². The van der Waals surface area contributed by atoms with Crippen molar-refractivity contribution in [3.63, 3.8) is 0 Å². The molecule has 0 radical (unpaired) electrons. The van der Waals surface area contributed by atoms with Gasteiger partial charge in [0.15, 0.2) is 11.0 Å². The van der Waals surface area contributed by atoms with Gasteiger partial charge in [-0.05, 0) is 48.9 Å². The molecule has 0 aliphatic heterocycles. The van der Waals surface area contributed by atoms with Crippen molar-refractivity contribution in [3.8, 4) is 22.8 Å². The van der Waals surface area contributed by atoms with E-state index in [1.54, 1.807) is 42.0 Å². The predicted molar refractivity (Wildman–Crippen MR) is 101 cm³/mol. The Balaban J connectivity index is 2.09. The molecule has 9 heteroatoms. The summed E-state index contributed by atoms with van der Waals surface area (Å²) >= 11 is 1.33. The number of methoxy groups -OCH3 is 1. The van der Waals surface area contributed by atoms with Crippen LogP contribution >= 0.6 is 11.8 Å². The van der Waals surface area contributed by atoms with Crippen molar-refractivity contribution in [3.05, 3.63) is 54.1 Å². The molecule has 0 fully saturated rings. The predicted octanol–water partition coefficient (Wildman–Crippen LogP) is 4.44. The fourth-order valence-corrected chi connectivity index (χ4v) is 3.45. The Labute approximate surface area is 164 Å². The van der Waals surface area contributed by atoms with Crippen molar-refractivity contribution in [2.75, 3.05) is 19.5 Å². The maximum atomic E-state index is 13.2. The number of benzene rings is 2. The standard InChI is InChI=1S/C19H18F3N3O2S/c1-27-16-8-6-13(7-9-16)17-23-24-18(28-11-3-10-26)25(17)15-5-2-4-14(12-15)19(20,21)22/h2,4-9,12,26H,3,10-11H2,1H3. The van der Waals surface area contributed by atoms with Crippen LogP contribution in [-0.4, -0.2) is 39.3 Å². The van der Waals surface area contributed by atoms with E-state index < -0.39 is 11.7 Å². The normalized spacial score (nSPS) is 11.6. The Morgan fingerprint density at radius 3 is 2.50 bits per heavy atom. The molecule has 0 saturated carbocycles. The fraction of sp³-hybridized carbons (Fsp3) is 0.263. The zero-order valence-electron chi connectivity index (χ0n) is 15.0. The van der Waals surface area contributed by atoms with E-state index in [0.717, 1.165) is 12.1 Å². The molecule has 3 rings (SSSR count). The number of ether oxygens (including phenoxy) is 1. The summed E-state index contributed by atoms with van der Waals surface area (Å²) < 4.78 is 46.3. The molecule has 5 nitrogen and oxygen atoms in total. The molecule has 0 atom stereocenters. The van der Waals surface area contributed by atoms with Crippen LogP contribution in [-0.2, 0) is 6.18 Å². The lowest BCUT2D eigenvalue weighted by molar-refractivity contribution is -0.137. The average molecular weight is 409 g/mol. The lowest BCUT2D eigenvalue weighted by Gasteiger charge is -2.13. The number of alkyl halides is 3. The summed E-state index contributed by atoms with van der Waals surface area (Å²) in [6, 6.07) is 12.1. The number of aliphatic hydroxyl groups is 1. The van der Waals surface area contributed by atoms with Crippen molar-refractivity contribution < 1.29 is 23.0 Å². The molecule has 0 unspecified atom stereocenters. The van der Waals surface area contributed by atoms with Crippen LogP contribution in [0.4, 0.5) is 13.2 Å². The molecule has 0 spiro atoms. The average Bonchev–Trinajstić information content (AvgIpc) is 3.11. The van der Waals surface area contributed by atoms with Crippen LogP contribution < -0.4 is 4.74 Å². The van der Waals surface area contributed by atoms with Crippen molar-refractivity contribution in [1.82, 2.24) is 14.8 Å². The van der Waals surface area contributed by atoms with Crippen molar-refractivity contribution in [2.24, 2.45) is 0 Å². The monoisotopic (exact) mass is 409 g/mol. The highest BCUT2D eigenvalue weighted by atomic mass is 32.2. The summed E-state index contributed by atoms with van der Waals surface area (Å²) in [6.45, 7) is 0.0238. The fourth-order valence-electron chi connectivity index (χ4n) is 2.57. The van der Waals surface area contributed by atoms with Gasteiger partial charge in [-0.25, -0.2) is 0 Å². The van der Waals surface area contributed by atoms with Gasteiger partial charge in [0.05, 0.1) is 18.4 Å². The maximum absolute atomic E-state index is 13.2. The van der Waals surface area contributed by atoms with E-state index in [2.05, 4.69) is 10.2 Å². The first-order valence-corrected chi connectivity index (χ1v) is 9.43. The summed E-state index contributed by atoms with van der Waals surface area (Å²) in [7, 11) is 1.55. The smallest absolute Gasteiger partial charge is 0.416 e. The second kappa shape index (κ2) is 8.66. The highest BCUT2D eigenvalue weighted by molar-refractivity contribution is 7.99. The second-order valence-electron chi connectivity index (χ2n) is 5.84. The second-order valence-corrected chi connectivity index (χ2v) is 6.91. The van der Waals surface area contributed by atoms with Crippen molar-refractivity contribution in [1.29, 1.82) is 0 Å². The molecule has 28 heavy (non-hydrogen) atoms. The molecule has 148 valence electrons. The lowest BCUT2D eigenvalue weighted by Crippen LogP contribution is -2.07. The molecule has 0 aliphatic rings. The molecular formula is C19H18F3N3O2S. The molecular weight excluding hydrogens is 391 g/mol. The minimum atomic E-state index is -4.45. The quantitative estimate of drug-likeness (QED) is 0.462. The van der Waals surface area contributed by atoms with Gasteiger partial charge >= 0.3 is 6.18 Å². The van der Waals surface area contributed by atoms with E-state index in [-0.39, 0.29) is 6.61 Å². The molecule has 3 aromatic rings. The summed E-state index contributed by atoms with van der Waals surface area (Å²) in [6.07, 6.45) is -3.91.